The van der Waals surface area contributed by atoms with Crippen molar-refractivity contribution in [1.82, 2.24) is 9.88 Å². The summed E-state index contributed by atoms with van der Waals surface area (Å²) in [4.78, 5) is 19.4. The molecule has 2 fully saturated rings. The quantitative estimate of drug-likeness (QED) is 0.821. The van der Waals surface area contributed by atoms with Crippen LogP contribution >= 0.6 is 11.3 Å². The third kappa shape index (κ3) is 3.29. The Morgan fingerprint density at radius 2 is 2.04 bits per heavy atom. The number of aromatic nitrogens is 1. The number of hydrogen-bond acceptors (Lipinski definition) is 5. The van der Waals surface area contributed by atoms with Crippen molar-refractivity contribution in [2.24, 2.45) is 11.8 Å². The topological polar surface area (TPSA) is 65.5 Å². The lowest BCUT2D eigenvalue weighted by Gasteiger charge is -2.19. The maximum absolute atomic E-state index is 12.5. The first-order chi connectivity index (χ1) is 11.7. The number of aromatic hydroxyl groups is 1. The van der Waals surface area contributed by atoms with E-state index in [1.165, 1.54) is 30.6 Å². The maximum atomic E-state index is 12.5. The molecule has 3 aliphatic rings. The van der Waals surface area contributed by atoms with Crippen LogP contribution in [-0.2, 0) is 11.2 Å². The van der Waals surface area contributed by atoms with Gasteiger partial charge in [-0.25, -0.2) is 0 Å². The number of amides is 1. The standard InChI is InChI=1S/C18H25N3O2S/c22-16(21-7-3-1-2-4-8-21)11-15-17(23)20-18(24-15)19-14-10-12-5-6-13(14)9-12/h5-6,12-14,23H,1-4,7-11H2,(H,19,20). The van der Waals surface area contributed by atoms with E-state index in [1.807, 2.05) is 4.90 Å². The summed E-state index contributed by atoms with van der Waals surface area (Å²) in [5.74, 6) is 1.42. The van der Waals surface area contributed by atoms with Gasteiger partial charge in [-0.05, 0) is 37.5 Å². The number of carbonyl (C=O) groups is 1. The van der Waals surface area contributed by atoms with Crippen LogP contribution < -0.4 is 5.32 Å². The highest BCUT2D eigenvalue weighted by Gasteiger charge is 2.36. The van der Waals surface area contributed by atoms with Crippen LogP contribution in [0.5, 0.6) is 5.88 Å². The van der Waals surface area contributed by atoms with E-state index in [1.54, 1.807) is 0 Å². The van der Waals surface area contributed by atoms with Crippen molar-refractivity contribution in [2.75, 3.05) is 18.4 Å². The molecule has 24 heavy (non-hydrogen) atoms. The lowest BCUT2D eigenvalue weighted by molar-refractivity contribution is -0.130. The molecule has 1 aliphatic heterocycles. The van der Waals surface area contributed by atoms with Gasteiger partial charge in [-0.1, -0.05) is 36.3 Å². The molecule has 1 saturated heterocycles. The van der Waals surface area contributed by atoms with Crippen LogP contribution in [0.2, 0.25) is 0 Å². The number of nitrogens with zero attached hydrogens (tertiary/aromatic N) is 2. The molecule has 5 nitrogen and oxygen atoms in total. The van der Waals surface area contributed by atoms with Gasteiger partial charge in [-0.15, -0.1) is 0 Å². The second kappa shape index (κ2) is 6.75. The Morgan fingerprint density at radius 1 is 1.25 bits per heavy atom. The van der Waals surface area contributed by atoms with E-state index in [-0.39, 0.29) is 18.2 Å². The van der Waals surface area contributed by atoms with Gasteiger partial charge in [0.2, 0.25) is 11.8 Å². The monoisotopic (exact) mass is 347 g/mol. The molecule has 0 radical (unpaired) electrons. The number of hydrogen-bond donors (Lipinski definition) is 2. The van der Waals surface area contributed by atoms with Crippen LogP contribution in [-0.4, -0.2) is 40.0 Å². The zero-order chi connectivity index (χ0) is 16.5. The van der Waals surface area contributed by atoms with Gasteiger partial charge in [-0.3, -0.25) is 4.79 Å². The summed E-state index contributed by atoms with van der Waals surface area (Å²) in [6.45, 7) is 1.70. The molecule has 6 heteroatoms. The van der Waals surface area contributed by atoms with E-state index >= 15 is 0 Å². The third-order valence-corrected chi connectivity index (χ3v) is 6.51. The summed E-state index contributed by atoms with van der Waals surface area (Å²) >= 11 is 1.43. The molecular weight excluding hydrogens is 322 g/mol. The number of rotatable bonds is 4. The molecule has 3 atom stereocenters. The Bertz CT molecular complexity index is 634. The highest BCUT2D eigenvalue weighted by Crippen LogP contribution is 2.41. The molecule has 4 rings (SSSR count). The summed E-state index contributed by atoms with van der Waals surface area (Å²) in [6.07, 6.45) is 11.8. The number of allylic oxidation sites excluding steroid dienone is 1. The van der Waals surface area contributed by atoms with Crippen molar-refractivity contribution in [1.29, 1.82) is 0 Å². The third-order valence-electron chi connectivity index (χ3n) is 5.54. The van der Waals surface area contributed by atoms with Gasteiger partial charge >= 0.3 is 0 Å². The minimum absolute atomic E-state index is 0.0179. The average Bonchev–Trinajstić information content (AvgIpc) is 3.18. The van der Waals surface area contributed by atoms with Gasteiger partial charge in [0.1, 0.15) is 0 Å². The first-order valence-electron chi connectivity index (χ1n) is 9.10. The first kappa shape index (κ1) is 15.9. The molecule has 130 valence electrons. The van der Waals surface area contributed by atoms with E-state index in [0.29, 0.717) is 22.8 Å². The highest BCUT2D eigenvalue weighted by atomic mass is 32.1. The zero-order valence-corrected chi connectivity index (χ0v) is 14.7. The fourth-order valence-electron chi connectivity index (χ4n) is 4.20. The minimum Gasteiger partial charge on any atom is -0.492 e. The largest absolute Gasteiger partial charge is 0.492 e. The maximum Gasteiger partial charge on any atom is 0.228 e. The summed E-state index contributed by atoms with van der Waals surface area (Å²) in [5, 5.41) is 14.3. The van der Waals surface area contributed by atoms with Crippen molar-refractivity contribution < 1.29 is 9.90 Å². The second-order valence-corrected chi connectivity index (χ2v) is 8.35. The molecule has 1 aromatic rings. The number of fused-ring (bicyclic) bond motifs is 2. The number of thiazole rings is 1. The average molecular weight is 347 g/mol. The molecule has 2 bridgehead atoms. The molecule has 2 N–H and O–H groups in total. The minimum atomic E-state index is 0.0179. The molecule has 2 aliphatic carbocycles. The molecular formula is C18H25N3O2S. The van der Waals surface area contributed by atoms with Crippen LogP contribution in [0.1, 0.15) is 43.4 Å². The number of nitrogens with one attached hydrogen (secondary N) is 1. The summed E-state index contributed by atoms with van der Waals surface area (Å²) in [7, 11) is 0. The summed E-state index contributed by atoms with van der Waals surface area (Å²) < 4.78 is 0. The van der Waals surface area contributed by atoms with Gasteiger partial charge in [0, 0.05) is 19.1 Å². The van der Waals surface area contributed by atoms with Crippen molar-refractivity contribution in [2.45, 2.75) is 51.0 Å². The molecule has 2 heterocycles. The van der Waals surface area contributed by atoms with Crippen LogP contribution in [0, 0.1) is 11.8 Å². The van der Waals surface area contributed by atoms with E-state index in [9.17, 15) is 9.90 Å². The number of carbonyl (C=O) groups excluding carboxylic acids is 1. The lowest BCUT2D eigenvalue weighted by atomic mass is 10.0. The summed E-state index contributed by atoms with van der Waals surface area (Å²) in [5.41, 5.74) is 0. The second-order valence-electron chi connectivity index (χ2n) is 7.27. The molecule has 1 saturated carbocycles. The van der Waals surface area contributed by atoms with Crippen molar-refractivity contribution in [3.63, 3.8) is 0 Å². The van der Waals surface area contributed by atoms with Crippen molar-refractivity contribution >= 4 is 22.4 Å². The first-order valence-corrected chi connectivity index (χ1v) is 9.92. The van der Waals surface area contributed by atoms with E-state index in [0.717, 1.165) is 37.5 Å². The van der Waals surface area contributed by atoms with Crippen molar-refractivity contribution in [3.05, 3.63) is 17.0 Å². The Kier molecular flexibility index (Phi) is 4.48. The normalized spacial score (nSPS) is 29.0. The van der Waals surface area contributed by atoms with Crippen LogP contribution in [0.15, 0.2) is 12.2 Å². The molecule has 1 aromatic heterocycles. The fourth-order valence-corrected chi connectivity index (χ4v) is 5.10. The van der Waals surface area contributed by atoms with Gasteiger partial charge in [0.15, 0.2) is 5.13 Å². The summed E-state index contributed by atoms with van der Waals surface area (Å²) in [6, 6.07) is 0.416. The Balaban J connectivity index is 1.38. The van der Waals surface area contributed by atoms with Crippen LogP contribution in [0.25, 0.3) is 0 Å². The number of likely N-dealkylation sites (tertiary alicyclic amines) is 1. The molecule has 0 aromatic carbocycles. The Hall–Kier alpha value is -1.56. The van der Waals surface area contributed by atoms with Gasteiger partial charge in [0.25, 0.3) is 0 Å². The van der Waals surface area contributed by atoms with Crippen LogP contribution in [0.3, 0.4) is 0 Å². The smallest absolute Gasteiger partial charge is 0.228 e. The predicted molar refractivity (Wildman–Crippen MR) is 95.3 cm³/mol. The van der Waals surface area contributed by atoms with E-state index < -0.39 is 0 Å². The SMILES string of the molecule is O=C(Cc1sc(NC2CC3C=CC2C3)nc1O)N1CCCCCC1. The van der Waals surface area contributed by atoms with Gasteiger partial charge < -0.3 is 15.3 Å². The highest BCUT2D eigenvalue weighted by molar-refractivity contribution is 7.16. The molecule has 3 unspecified atom stereocenters. The zero-order valence-electron chi connectivity index (χ0n) is 13.9. The fraction of sp³-hybridized carbons (Fsp3) is 0.667. The van der Waals surface area contributed by atoms with Crippen molar-refractivity contribution in [3.8, 4) is 5.88 Å². The van der Waals surface area contributed by atoms with Gasteiger partial charge in [-0.2, -0.15) is 4.98 Å². The predicted octanol–water partition coefficient (Wildman–Crippen LogP) is 3.17. The van der Waals surface area contributed by atoms with Crippen LogP contribution in [0.4, 0.5) is 5.13 Å². The van der Waals surface area contributed by atoms with E-state index in [2.05, 4.69) is 22.5 Å². The number of anilines is 1. The molecule has 0 spiro atoms. The molecule has 1 amide bonds. The van der Waals surface area contributed by atoms with E-state index in [4.69, 9.17) is 0 Å². The van der Waals surface area contributed by atoms with Gasteiger partial charge in [0.05, 0.1) is 11.3 Å². The Morgan fingerprint density at radius 3 is 2.71 bits per heavy atom. The lowest BCUT2D eigenvalue weighted by Crippen LogP contribution is -2.32. The Labute approximate surface area is 146 Å².